The number of aliphatic hydroxyl groups excluding tert-OH is 2. The first-order chi connectivity index (χ1) is 13.2. The van der Waals surface area contributed by atoms with Crippen molar-refractivity contribution >= 4 is 0 Å². The van der Waals surface area contributed by atoms with Gasteiger partial charge in [-0.2, -0.15) is 0 Å². The van der Waals surface area contributed by atoms with Gasteiger partial charge in [0.1, 0.15) is 24.4 Å². The number of fused-ring (bicyclic) bond motifs is 1. The van der Waals surface area contributed by atoms with Crippen molar-refractivity contribution in [2.45, 2.75) is 43.9 Å². The Morgan fingerprint density at radius 3 is 2.70 bits per heavy atom. The van der Waals surface area contributed by atoms with E-state index in [-0.39, 0.29) is 0 Å². The van der Waals surface area contributed by atoms with Gasteiger partial charge in [-0.25, -0.2) is 0 Å². The Labute approximate surface area is 159 Å². The Morgan fingerprint density at radius 2 is 2.04 bits per heavy atom. The highest BCUT2D eigenvalue weighted by Gasteiger charge is 2.48. The lowest BCUT2D eigenvalue weighted by molar-refractivity contribution is -0.362. The molecule has 2 heterocycles. The van der Waals surface area contributed by atoms with Crippen LogP contribution in [0, 0.1) is 0 Å². The smallest absolute Gasteiger partial charge is 0.184 e. The van der Waals surface area contributed by atoms with Gasteiger partial charge in [0.05, 0.1) is 13.2 Å². The lowest BCUT2D eigenvalue weighted by atomic mass is 9.99. The van der Waals surface area contributed by atoms with E-state index in [9.17, 15) is 10.2 Å². The second kappa shape index (κ2) is 9.41. The molecule has 6 nitrogen and oxygen atoms in total. The van der Waals surface area contributed by atoms with Crippen molar-refractivity contribution in [3.05, 3.63) is 72.4 Å². The molecule has 6 atom stereocenters. The average Bonchev–Trinajstić information content (AvgIpc) is 2.73. The maximum atomic E-state index is 10.3. The van der Waals surface area contributed by atoms with E-state index in [2.05, 4.69) is 6.58 Å². The maximum Gasteiger partial charge on any atom is 0.184 e. The summed E-state index contributed by atoms with van der Waals surface area (Å²) in [4.78, 5) is 0. The Bertz CT molecular complexity index is 671. The number of hydrogen-bond donors (Lipinski definition) is 2. The normalized spacial score (nSPS) is 32.9. The molecule has 146 valence electrons. The maximum absolute atomic E-state index is 10.3. The van der Waals surface area contributed by atoms with Crippen LogP contribution in [0.25, 0.3) is 0 Å². The van der Waals surface area contributed by atoms with Crippen molar-refractivity contribution in [2.24, 2.45) is 0 Å². The van der Waals surface area contributed by atoms with E-state index < -0.39 is 43.6 Å². The molecule has 2 fully saturated rings. The number of allylic oxidation sites excluding steroid dienone is 3. The van der Waals surface area contributed by atoms with Crippen LogP contribution in [0.2, 0.25) is 0 Å². The Hall–Kier alpha value is -1.80. The highest BCUT2D eigenvalue weighted by atomic mass is 16.8. The van der Waals surface area contributed by atoms with E-state index in [0.717, 1.165) is 11.1 Å². The molecule has 6 heteroatoms. The zero-order valence-electron chi connectivity index (χ0n) is 15.3. The first-order valence-corrected chi connectivity index (χ1v) is 9.05. The molecule has 1 aromatic carbocycles. The third-order valence-corrected chi connectivity index (χ3v) is 4.63. The predicted octanol–water partition coefficient (Wildman–Crippen LogP) is 2.25. The second-order valence-electron chi connectivity index (χ2n) is 6.42. The van der Waals surface area contributed by atoms with Gasteiger partial charge in [-0.1, -0.05) is 61.2 Å². The molecular weight excluding hydrogens is 348 g/mol. The van der Waals surface area contributed by atoms with Crippen molar-refractivity contribution in [3.8, 4) is 0 Å². The quantitative estimate of drug-likeness (QED) is 0.744. The van der Waals surface area contributed by atoms with Crippen molar-refractivity contribution in [1.29, 1.82) is 0 Å². The summed E-state index contributed by atoms with van der Waals surface area (Å²) in [6.45, 7) is 5.39. The Kier molecular flexibility index (Phi) is 6.95. The average molecular weight is 374 g/mol. The van der Waals surface area contributed by atoms with Gasteiger partial charge in [-0.05, 0) is 6.92 Å². The van der Waals surface area contributed by atoms with Gasteiger partial charge < -0.3 is 29.2 Å². The number of aliphatic hydroxyl groups is 2. The van der Waals surface area contributed by atoms with Gasteiger partial charge in [-0.3, -0.25) is 0 Å². The lowest BCUT2D eigenvalue weighted by Crippen LogP contribution is -2.60. The van der Waals surface area contributed by atoms with Crippen LogP contribution < -0.4 is 0 Å². The summed E-state index contributed by atoms with van der Waals surface area (Å²) in [6.07, 6.45) is 3.03. The molecule has 2 aliphatic rings. The van der Waals surface area contributed by atoms with Gasteiger partial charge in [0.2, 0.25) is 0 Å². The summed E-state index contributed by atoms with van der Waals surface area (Å²) in [7, 11) is 0. The van der Waals surface area contributed by atoms with Crippen LogP contribution in [0.5, 0.6) is 0 Å². The molecule has 0 spiro atoms. The van der Waals surface area contributed by atoms with E-state index in [1.807, 2.05) is 49.4 Å². The molecule has 27 heavy (non-hydrogen) atoms. The summed E-state index contributed by atoms with van der Waals surface area (Å²) in [5.41, 5.74) is 1.66. The van der Waals surface area contributed by atoms with Crippen LogP contribution in [0.15, 0.2) is 66.8 Å². The van der Waals surface area contributed by atoms with Crippen LogP contribution >= 0.6 is 0 Å². The molecule has 0 amide bonds. The van der Waals surface area contributed by atoms with Crippen molar-refractivity contribution < 1.29 is 29.2 Å². The number of benzene rings is 1. The summed E-state index contributed by atoms with van der Waals surface area (Å²) >= 11 is 0. The summed E-state index contributed by atoms with van der Waals surface area (Å²) in [5, 5.41) is 19.8. The van der Waals surface area contributed by atoms with Crippen LogP contribution in [-0.2, 0) is 18.9 Å². The van der Waals surface area contributed by atoms with Gasteiger partial charge in [0, 0.05) is 11.1 Å². The van der Waals surface area contributed by atoms with Gasteiger partial charge in [0.15, 0.2) is 12.6 Å². The van der Waals surface area contributed by atoms with Crippen molar-refractivity contribution in [1.82, 2.24) is 0 Å². The summed E-state index contributed by atoms with van der Waals surface area (Å²) in [6, 6.07) is 9.55. The van der Waals surface area contributed by atoms with Crippen LogP contribution in [-0.4, -0.2) is 54.1 Å². The van der Waals surface area contributed by atoms with Gasteiger partial charge in [0.25, 0.3) is 0 Å². The highest BCUT2D eigenvalue weighted by Crippen LogP contribution is 2.36. The van der Waals surface area contributed by atoms with Crippen LogP contribution in [0.1, 0.15) is 18.8 Å². The SMILES string of the molecule is C=C/C=C\C(=C/C)C1OC2COC(c3ccccc3)OC2C(C(O)CO)O1. The molecule has 0 saturated carbocycles. The molecule has 0 aromatic heterocycles. The molecule has 3 rings (SSSR count). The largest absolute Gasteiger partial charge is 0.394 e. The molecule has 1 aromatic rings. The Morgan fingerprint density at radius 1 is 1.26 bits per heavy atom. The molecule has 2 saturated heterocycles. The third-order valence-electron chi connectivity index (χ3n) is 4.63. The first kappa shape index (κ1) is 19.9. The summed E-state index contributed by atoms with van der Waals surface area (Å²) in [5.74, 6) is 0. The zero-order chi connectivity index (χ0) is 19.2. The van der Waals surface area contributed by atoms with E-state index in [1.54, 1.807) is 12.2 Å². The second-order valence-corrected chi connectivity index (χ2v) is 6.42. The lowest BCUT2D eigenvalue weighted by Gasteiger charge is -2.47. The number of rotatable bonds is 6. The minimum Gasteiger partial charge on any atom is -0.394 e. The molecule has 0 aliphatic carbocycles. The fourth-order valence-electron chi connectivity index (χ4n) is 3.21. The molecule has 6 unspecified atom stereocenters. The monoisotopic (exact) mass is 374 g/mol. The minimum absolute atomic E-state index is 0.293. The molecule has 2 N–H and O–H groups in total. The van der Waals surface area contributed by atoms with Gasteiger partial charge >= 0.3 is 0 Å². The van der Waals surface area contributed by atoms with Crippen LogP contribution in [0.3, 0.4) is 0 Å². The molecule has 2 aliphatic heterocycles. The van der Waals surface area contributed by atoms with E-state index in [0.29, 0.717) is 6.61 Å². The topological polar surface area (TPSA) is 77.4 Å². The fourth-order valence-corrected chi connectivity index (χ4v) is 3.21. The third kappa shape index (κ3) is 4.55. The first-order valence-electron chi connectivity index (χ1n) is 9.05. The van der Waals surface area contributed by atoms with Crippen LogP contribution in [0.4, 0.5) is 0 Å². The minimum atomic E-state index is -1.10. The molecule has 0 radical (unpaired) electrons. The van der Waals surface area contributed by atoms with E-state index >= 15 is 0 Å². The zero-order valence-corrected chi connectivity index (χ0v) is 15.3. The summed E-state index contributed by atoms with van der Waals surface area (Å²) < 4.78 is 23.9. The van der Waals surface area contributed by atoms with E-state index in [1.165, 1.54) is 0 Å². The number of hydrogen-bond acceptors (Lipinski definition) is 6. The Balaban J connectivity index is 1.80. The molecule has 0 bridgehead atoms. The van der Waals surface area contributed by atoms with E-state index in [4.69, 9.17) is 18.9 Å². The number of ether oxygens (including phenoxy) is 4. The van der Waals surface area contributed by atoms with Crippen molar-refractivity contribution in [2.75, 3.05) is 13.2 Å². The fraction of sp³-hybridized carbons (Fsp3) is 0.429. The van der Waals surface area contributed by atoms with Crippen molar-refractivity contribution in [3.63, 3.8) is 0 Å². The molecular formula is C21H26O6. The standard InChI is InChI=1S/C21H26O6/c1-3-5-9-14(4-2)21-25-17-13-24-20(15-10-7-6-8-11-15)27-19(17)18(26-21)16(23)12-22/h3-11,16-23H,1,12-13H2,2H3/b9-5-,14-4+. The predicted molar refractivity (Wildman–Crippen MR) is 99.7 cm³/mol. The van der Waals surface area contributed by atoms with Gasteiger partial charge in [-0.15, -0.1) is 0 Å². The highest BCUT2D eigenvalue weighted by molar-refractivity contribution is 5.24.